The Morgan fingerprint density at radius 1 is 1.45 bits per heavy atom. The lowest BCUT2D eigenvalue weighted by Gasteiger charge is -2.20. The molecule has 1 aliphatic carbocycles. The van der Waals surface area contributed by atoms with Gasteiger partial charge in [-0.2, -0.15) is 0 Å². The first kappa shape index (κ1) is 13.7. The summed E-state index contributed by atoms with van der Waals surface area (Å²) in [6.45, 7) is 3.10. The van der Waals surface area contributed by atoms with E-state index in [0.29, 0.717) is 0 Å². The SMILES string of the molecule is COc1cc2c(cc1C(CO)NCC1CC1)OC(C)C2. The summed E-state index contributed by atoms with van der Waals surface area (Å²) in [5, 5.41) is 13.1. The van der Waals surface area contributed by atoms with Gasteiger partial charge in [0.15, 0.2) is 0 Å². The van der Waals surface area contributed by atoms with Crippen molar-refractivity contribution in [1.29, 1.82) is 0 Å². The van der Waals surface area contributed by atoms with Gasteiger partial charge in [0, 0.05) is 17.5 Å². The second kappa shape index (κ2) is 5.62. The summed E-state index contributed by atoms with van der Waals surface area (Å²) in [7, 11) is 1.68. The monoisotopic (exact) mass is 277 g/mol. The number of nitrogens with one attached hydrogen (secondary N) is 1. The van der Waals surface area contributed by atoms with Crippen LogP contribution in [0, 0.1) is 5.92 Å². The van der Waals surface area contributed by atoms with Crippen molar-refractivity contribution in [2.75, 3.05) is 20.3 Å². The maximum atomic E-state index is 9.67. The van der Waals surface area contributed by atoms with E-state index in [4.69, 9.17) is 9.47 Å². The van der Waals surface area contributed by atoms with Crippen LogP contribution in [0.15, 0.2) is 12.1 Å². The van der Waals surface area contributed by atoms with Crippen molar-refractivity contribution >= 4 is 0 Å². The molecule has 0 radical (unpaired) electrons. The first-order chi connectivity index (χ1) is 9.71. The van der Waals surface area contributed by atoms with Gasteiger partial charge in [-0.3, -0.25) is 0 Å². The Morgan fingerprint density at radius 2 is 2.25 bits per heavy atom. The lowest BCUT2D eigenvalue weighted by atomic mass is 10.0. The Bertz CT molecular complexity index is 485. The van der Waals surface area contributed by atoms with Crippen molar-refractivity contribution in [1.82, 2.24) is 5.32 Å². The lowest BCUT2D eigenvalue weighted by molar-refractivity contribution is 0.238. The highest BCUT2D eigenvalue weighted by atomic mass is 16.5. The summed E-state index contributed by atoms with van der Waals surface area (Å²) < 4.78 is 11.3. The maximum absolute atomic E-state index is 9.67. The largest absolute Gasteiger partial charge is 0.496 e. The summed E-state index contributed by atoms with van der Waals surface area (Å²) in [5.74, 6) is 2.55. The molecule has 1 saturated carbocycles. The maximum Gasteiger partial charge on any atom is 0.124 e. The third-order valence-corrected chi connectivity index (χ3v) is 4.16. The van der Waals surface area contributed by atoms with Crippen LogP contribution in [0.25, 0.3) is 0 Å². The zero-order valence-electron chi connectivity index (χ0n) is 12.2. The van der Waals surface area contributed by atoms with Crippen molar-refractivity contribution in [2.24, 2.45) is 5.92 Å². The Labute approximate surface area is 120 Å². The smallest absolute Gasteiger partial charge is 0.124 e. The molecule has 2 N–H and O–H groups in total. The molecule has 3 rings (SSSR count). The third kappa shape index (κ3) is 2.76. The quantitative estimate of drug-likeness (QED) is 0.835. The molecule has 1 aliphatic heterocycles. The minimum absolute atomic E-state index is 0.0669. The van der Waals surface area contributed by atoms with Gasteiger partial charge in [-0.1, -0.05) is 0 Å². The molecule has 1 heterocycles. The highest BCUT2D eigenvalue weighted by Gasteiger charge is 2.26. The minimum atomic E-state index is -0.0876. The van der Waals surface area contributed by atoms with Gasteiger partial charge in [0.1, 0.15) is 17.6 Å². The standard InChI is InChI=1S/C16H23NO3/c1-10-5-12-6-16(19-2)13(7-15(12)20-10)14(9-18)17-8-11-3-4-11/h6-7,10-11,14,17-18H,3-5,8-9H2,1-2H3. The molecule has 1 fully saturated rings. The number of hydrogen-bond acceptors (Lipinski definition) is 4. The van der Waals surface area contributed by atoms with E-state index in [2.05, 4.69) is 18.3 Å². The Hall–Kier alpha value is -1.26. The van der Waals surface area contributed by atoms with E-state index in [0.717, 1.165) is 35.9 Å². The fourth-order valence-corrected chi connectivity index (χ4v) is 2.81. The van der Waals surface area contributed by atoms with E-state index in [9.17, 15) is 5.11 Å². The zero-order valence-corrected chi connectivity index (χ0v) is 12.2. The number of aliphatic hydroxyl groups is 1. The summed E-state index contributed by atoms with van der Waals surface area (Å²) in [4.78, 5) is 0. The van der Waals surface area contributed by atoms with Crippen LogP contribution in [0.3, 0.4) is 0 Å². The molecule has 20 heavy (non-hydrogen) atoms. The summed E-state index contributed by atoms with van der Waals surface area (Å²) >= 11 is 0. The molecule has 4 nitrogen and oxygen atoms in total. The number of fused-ring (bicyclic) bond motifs is 1. The molecule has 0 bridgehead atoms. The van der Waals surface area contributed by atoms with Gasteiger partial charge < -0.3 is 19.9 Å². The second-order valence-electron chi connectivity index (χ2n) is 5.92. The molecule has 2 atom stereocenters. The van der Waals surface area contributed by atoms with Crippen molar-refractivity contribution in [3.05, 3.63) is 23.3 Å². The molecule has 1 aromatic rings. The molecule has 2 unspecified atom stereocenters. The van der Waals surface area contributed by atoms with Crippen LogP contribution in [-0.2, 0) is 6.42 Å². The van der Waals surface area contributed by atoms with E-state index in [1.807, 2.05) is 6.07 Å². The number of rotatable bonds is 6. The molecule has 1 aromatic carbocycles. The summed E-state index contributed by atoms with van der Waals surface area (Å²) in [6.07, 6.45) is 3.74. The van der Waals surface area contributed by atoms with Gasteiger partial charge in [0.25, 0.3) is 0 Å². The van der Waals surface area contributed by atoms with E-state index < -0.39 is 0 Å². The van der Waals surface area contributed by atoms with E-state index >= 15 is 0 Å². The first-order valence-corrected chi connectivity index (χ1v) is 7.43. The van der Waals surface area contributed by atoms with Crippen LogP contribution < -0.4 is 14.8 Å². The first-order valence-electron chi connectivity index (χ1n) is 7.43. The lowest BCUT2D eigenvalue weighted by Crippen LogP contribution is -2.26. The summed E-state index contributed by atoms with van der Waals surface area (Å²) in [5.41, 5.74) is 2.18. The van der Waals surface area contributed by atoms with Gasteiger partial charge in [-0.25, -0.2) is 0 Å². The molecular weight excluding hydrogens is 254 g/mol. The number of methoxy groups -OCH3 is 1. The van der Waals surface area contributed by atoms with Crippen molar-refractivity contribution in [3.63, 3.8) is 0 Å². The van der Waals surface area contributed by atoms with Crippen LogP contribution in [0.4, 0.5) is 0 Å². The zero-order chi connectivity index (χ0) is 14.1. The highest BCUT2D eigenvalue weighted by Crippen LogP contribution is 2.38. The third-order valence-electron chi connectivity index (χ3n) is 4.16. The minimum Gasteiger partial charge on any atom is -0.496 e. The molecule has 4 heteroatoms. The Kier molecular flexibility index (Phi) is 3.85. The number of benzene rings is 1. The number of hydrogen-bond donors (Lipinski definition) is 2. The van der Waals surface area contributed by atoms with Crippen LogP contribution >= 0.6 is 0 Å². The molecule has 0 saturated heterocycles. The van der Waals surface area contributed by atoms with Crippen LogP contribution in [0.2, 0.25) is 0 Å². The van der Waals surface area contributed by atoms with Crippen LogP contribution in [-0.4, -0.2) is 31.5 Å². The van der Waals surface area contributed by atoms with Crippen molar-refractivity contribution < 1.29 is 14.6 Å². The second-order valence-corrected chi connectivity index (χ2v) is 5.92. The average Bonchev–Trinajstić information content (AvgIpc) is 3.19. The van der Waals surface area contributed by atoms with Gasteiger partial charge in [-0.05, 0) is 44.4 Å². The predicted octanol–water partition coefficient (Wildman–Crippen LogP) is 2.05. The highest BCUT2D eigenvalue weighted by molar-refractivity contribution is 5.50. The molecule has 2 aliphatic rings. The average molecular weight is 277 g/mol. The van der Waals surface area contributed by atoms with E-state index in [1.54, 1.807) is 7.11 Å². The number of aliphatic hydroxyl groups excluding tert-OH is 1. The normalized spacial score (nSPS) is 22.2. The van der Waals surface area contributed by atoms with Gasteiger partial charge in [0.05, 0.1) is 19.8 Å². The fourth-order valence-electron chi connectivity index (χ4n) is 2.81. The molecule has 110 valence electrons. The van der Waals surface area contributed by atoms with Crippen molar-refractivity contribution in [3.8, 4) is 11.5 Å². The van der Waals surface area contributed by atoms with E-state index in [-0.39, 0.29) is 18.8 Å². The van der Waals surface area contributed by atoms with Crippen LogP contribution in [0.1, 0.15) is 36.9 Å². The topological polar surface area (TPSA) is 50.7 Å². The molecule has 0 amide bonds. The predicted molar refractivity (Wildman–Crippen MR) is 77.3 cm³/mol. The summed E-state index contributed by atoms with van der Waals surface area (Å²) in [6, 6.07) is 3.99. The van der Waals surface area contributed by atoms with Gasteiger partial charge in [0.2, 0.25) is 0 Å². The molecule has 0 spiro atoms. The fraction of sp³-hybridized carbons (Fsp3) is 0.625. The Morgan fingerprint density at radius 3 is 2.90 bits per heavy atom. The molecule has 0 aromatic heterocycles. The molecular formula is C16H23NO3. The van der Waals surface area contributed by atoms with E-state index in [1.165, 1.54) is 18.4 Å². The number of ether oxygens (including phenoxy) is 2. The Balaban J connectivity index is 1.83. The van der Waals surface area contributed by atoms with Crippen molar-refractivity contribution in [2.45, 2.75) is 38.3 Å². The van der Waals surface area contributed by atoms with Gasteiger partial charge >= 0.3 is 0 Å². The van der Waals surface area contributed by atoms with Crippen LogP contribution in [0.5, 0.6) is 11.5 Å². The van der Waals surface area contributed by atoms with Gasteiger partial charge in [-0.15, -0.1) is 0 Å².